The number of esters is 1. The van der Waals surface area contributed by atoms with E-state index in [1.807, 2.05) is 0 Å². The van der Waals surface area contributed by atoms with Gasteiger partial charge in [0.25, 0.3) is 0 Å². The molecule has 1 fully saturated rings. The van der Waals surface area contributed by atoms with Crippen LogP contribution in [0.1, 0.15) is 33.6 Å². The number of carbonyl (C=O) groups is 2. The Balaban J connectivity index is 2.86. The van der Waals surface area contributed by atoms with Gasteiger partial charge in [0.2, 0.25) is 6.04 Å². The van der Waals surface area contributed by atoms with E-state index in [1.165, 1.54) is 7.11 Å². The summed E-state index contributed by atoms with van der Waals surface area (Å²) in [5, 5.41) is 10.2. The lowest BCUT2D eigenvalue weighted by Crippen LogP contribution is -2.52. The molecule has 0 aromatic heterocycles. The Hall–Kier alpha value is -1.61. The molecule has 1 atom stereocenters. The van der Waals surface area contributed by atoms with Crippen LogP contribution in [0.3, 0.4) is 0 Å². The van der Waals surface area contributed by atoms with Crippen molar-refractivity contribution in [3.63, 3.8) is 0 Å². The van der Waals surface area contributed by atoms with Crippen LogP contribution in [-0.4, -0.2) is 35.7 Å². The first-order valence-electron chi connectivity index (χ1n) is 5.80. The highest BCUT2D eigenvalue weighted by atomic mass is 16.7. The van der Waals surface area contributed by atoms with Crippen molar-refractivity contribution in [2.75, 3.05) is 7.11 Å². The highest BCUT2D eigenvalue weighted by molar-refractivity contribution is 5.79. The van der Waals surface area contributed by atoms with Gasteiger partial charge in [-0.15, -0.1) is 5.06 Å². The number of ether oxygens (including phenoxy) is 1. The second-order valence-corrected chi connectivity index (χ2v) is 5.24. The number of nitrogens with zero attached hydrogens (tertiary/aromatic N) is 2. The van der Waals surface area contributed by atoms with E-state index in [-0.39, 0.29) is 5.92 Å². The molecule has 0 spiro atoms. The zero-order valence-corrected chi connectivity index (χ0v) is 11.1. The molecule has 6 nitrogen and oxygen atoms in total. The highest BCUT2D eigenvalue weighted by Crippen LogP contribution is 2.31. The van der Waals surface area contributed by atoms with Gasteiger partial charge in [-0.25, -0.2) is 4.79 Å². The zero-order valence-electron chi connectivity index (χ0n) is 11.1. The number of hydrogen-bond acceptors (Lipinski definition) is 6. The molecular weight excluding hydrogens is 236 g/mol. The van der Waals surface area contributed by atoms with Crippen LogP contribution < -0.4 is 0 Å². The van der Waals surface area contributed by atoms with Gasteiger partial charge in [0.1, 0.15) is 0 Å². The van der Waals surface area contributed by atoms with Gasteiger partial charge in [-0.2, -0.15) is 5.26 Å². The van der Waals surface area contributed by atoms with Crippen LogP contribution in [0.15, 0.2) is 0 Å². The lowest BCUT2D eigenvalue weighted by Gasteiger charge is -2.34. The van der Waals surface area contributed by atoms with Crippen molar-refractivity contribution >= 4 is 11.9 Å². The Labute approximate surface area is 106 Å². The summed E-state index contributed by atoms with van der Waals surface area (Å²) >= 11 is 0. The van der Waals surface area contributed by atoms with Crippen molar-refractivity contribution in [2.45, 2.75) is 45.2 Å². The van der Waals surface area contributed by atoms with Crippen LogP contribution in [0.2, 0.25) is 0 Å². The fraction of sp³-hybridized carbons (Fsp3) is 0.750. The van der Waals surface area contributed by atoms with Gasteiger partial charge in [0.05, 0.1) is 24.6 Å². The number of rotatable bonds is 4. The largest absolute Gasteiger partial charge is 0.467 e. The summed E-state index contributed by atoms with van der Waals surface area (Å²) in [5.41, 5.74) is -0.668. The zero-order chi connectivity index (χ0) is 13.9. The van der Waals surface area contributed by atoms with Gasteiger partial charge in [-0.3, -0.25) is 4.79 Å². The minimum absolute atomic E-state index is 0.105. The molecule has 0 N–H and O–H groups in total. The van der Waals surface area contributed by atoms with Crippen LogP contribution in [0.4, 0.5) is 0 Å². The predicted molar refractivity (Wildman–Crippen MR) is 61.8 cm³/mol. The topological polar surface area (TPSA) is 79.6 Å². The maximum Gasteiger partial charge on any atom is 0.341 e. The first-order chi connectivity index (χ1) is 8.31. The molecule has 0 radical (unpaired) electrons. The standard InChI is InChI=1S/C12H18N2O4/c1-12(2,3)14(9(7-13)11(16)17-4)18-10(15)8-5-6-8/h8-9H,5-6H2,1-4H3. The minimum atomic E-state index is -1.25. The van der Waals surface area contributed by atoms with Gasteiger partial charge < -0.3 is 9.57 Å². The van der Waals surface area contributed by atoms with Gasteiger partial charge in [0.15, 0.2) is 0 Å². The highest BCUT2D eigenvalue weighted by Gasteiger charge is 2.41. The van der Waals surface area contributed by atoms with Gasteiger partial charge in [0, 0.05) is 0 Å². The maximum absolute atomic E-state index is 11.7. The Morgan fingerprint density at radius 2 is 1.94 bits per heavy atom. The van der Waals surface area contributed by atoms with E-state index in [0.29, 0.717) is 0 Å². The van der Waals surface area contributed by atoms with Crippen LogP contribution in [-0.2, 0) is 19.2 Å². The van der Waals surface area contributed by atoms with E-state index in [9.17, 15) is 9.59 Å². The van der Waals surface area contributed by atoms with Crippen LogP contribution in [0.25, 0.3) is 0 Å². The van der Waals surface area contributed by atoms with Crippen molar-refractivity contribution < 1.29 is 19.2 Å². The fourth-order valence-electron chi connectivity index (χ4n) is 1.38. The molecule has 1 aliphatic rings. The second kappa shape index (κ2) is 5.36. The molecule has 0 heterocycles. The quantitative estimate of drug-likeness (QED) is 0.550. The van der Waals surface area contributed by atoms with Crippen LogP contribution >= 0.6 is 0 Å². The number of hydroxylamine groups is 2. The molecule has 0 aromatic rings. The van der Waals surface area contributed by atoms with Crippen molar-refractivity contribution in [2.24, 2.45) is 5.92 Å². The summed E-state index contributed by atoms with van der Waals surface area (Å²) in [6, 6.07) is 0.546. The van der Waals surface area contributed by atoms with Gasteiger partial charge in [-0.1, -0.05) is 0 Å². The molecule has 1 rings (SSSR count). The molecule has 0 aromatic carbocycles. The van der Waals surface area contributed by atoms with Crippen molar-refractivity contribution in [3.8, 4) is 6.07 Å². The average molecular weight is 254 g/mol. The molecule has 0 saturated heterocycles. The van der Waals surface area contributed by atoms with Gasteiger partial charge >= 0.3 is 11.9 Å². The van der Waals surface area contributed by atoms with Crippen molar-refractivity contribution in [3.05, 3.63) is 0 Å². The average Bonchev–Trinajstić information content (AvgIpc) is 3.10. The molecule has 18 heavy (non-hydrogen) atoms. The molecule has 6 heteroatoms. The molecule has 0 bridgehead atoms. The van der Waals surface area contributed by atoms with E-state index in [0.717, 1.165) is 17.9 Å². The number of carbonyl (C=O) groups excluding carboxylic acids is 2. The first-order valence-corrected chi connectivity index (χ1v) is 5.80. The third kappa shape index (κ3) is 3.44. The lowest BCUT2D eigenvalue weighted by molar-refractivity contribution is -0.228. The number of methoxy groups -OCH3 is 1. The van der Waals surface area contributed by atoms with E-state index in [2.05, 4.69) is 4.74 Å². The van der Waals surface area contributed by atoms with Crippen LogP contribution in [0.5, 0.6) is 0 Å². The Morgan fingerprint density at radius 1 is 1.39 bits per heavy atom. The maximum atomic E-state index is 11.7. The minimum Gasteiger partial charge on any atom is -0.467 e. The summed E-state index contributed by atoms with van der Waals surface area (Å²) in [6.07, 6.45) is 1.60. The molecule has 1 saturated carbocycles. The van der Waals surface area contributed by atoms with Crippen LogP contribution in [0, 0.1) is 17.2 Å². The molecule has 0 amide bonds. The smallest absolute Gasteiger partial charge is 0.341 e. The summed E-state index contributed by atoms with van der Waals surface area (Å²) in [4.78, 5) is 28.4. The van der Waals surface area contributed by atoms with Gasteiger partial charge in [-0.05, 0) is 33.6 Å². The second-order valence-electron chi connectivity index (χ2n) is 5.24. The Kier molecular flexibility index (Phi) is 4.30. The third-order valence-electron chi connectivity index (χ3n) is 2.54. The SMILES string of the molecule is COC(=O)C(C#N)N(OC(=O)C1CC1)C(C)(C)C. The molecule has 0 aliphatic heterocycles. The Bertz CT molecular complexity index is 377. The fourth-order valence-corrected chi connectivity index (χ4v) is 1.38. The van der Waals surface area contributed by atoms with E-state index < -0.39 is 23.5 Å². The Morgan fingerprint density at radius 3 is 2.28 bits per heavy atom. The van der Waals surface area contributed by atoms with E-state index >= 15 is 0 Å². The number of hydrogen-bond donors (Lipinski definition) is 0. The third-order valence-corrected chi connectivity index (χ3v) is 2.54. The summed E-state index contributed by atoms with van der Waals surface area (Å²) in [6.45, 7) is 5.25. The molecule has 100 valence electrons. The van der Waals surface area contributed by atoms with E-state index in [4.69, 9.17) is 10.1 Å². The molecular formula is C12H18N2O4. The van der Waals surface area contributed by atoms with E-state index in [1.54, 1.807) is 26.8 Å². The first kappa shape index (κ1) is 14.5. The normalized spacial score (nSPS) is 16.9. The summed E-state index contributed by atoms with van der Waals surface area (Å²) in [5.74, 6) is -1.24. The summed E-state index contributed by atoms with van der Waals surface area (Å²) < 4.78 is 4.54. The monoisotopic (exact) mass is 254 g/mol. The van der Waals surface area contributed by atoms with Crippen molar-refractivity contribution in [1.82, 2.24) is 5.06 Å². The summed E-state index contributed by atoms with van der Waals surface area (Å²) in [7, 11) is 1.19. The molecule has 1 aliphatic carbocycles. The predicted octanol–water partition coefficient (Wildman–Crippen LogP) is 1.02. The number of nitriles is 1. The lowest BCUT2D eigenvalue weighted by atomic mass is 10.1. The van der Waals surface area contributed by atoms with Crippen molar-refractivity contribution in [1.29, 1.82) is 5.26 Å². The molecule has 1 unspecified atom stereocenters.